The maximum Gasteiger partial charge on any atom is 0.411 e. The summed E-state index contributed by atoms with van der Waals surface area (Å²) < 4.78 is 39.3. The van der Waals surface area contributed by atoms with Gasteiger partial charge in [0.05, 0.1) is 13.0 Å². The van der Waals surface area contributed by atoms with Gasteiger partial charge in [0.2, 0.25) is 11.9 Å². The Morgan fingerprint density at radius 1 is 1.53 bits per heavy atom. The fourth-order valence-electron chi connectivity index (χ4n) is 0.939. The summed E-state index contributed by atoms with van der Waals surface area (Å²) in [7, 11) is 0. The smallest absolute Gasteiger partial charge is 0.372 e. The van der Waals surface area contributed by atoms with Crippen molar-refractivity contribution in [2.24, 2.45) is 0 Å². The Kier molecular flexibility index (Phi) is 4.44. The number of ether oxygens (including phenoxy) is 1. The molecule has 1 heterocycles. The molecule has 0 aromatic carbocycles. The summed E-state index contributed by atoms with van der Waals surface area (Å²) >= 11 is 0. The number of aromatic nitrogens is 3. The highest BCUT2D eigenvalue weighted by molar-refractivity contribution is 5.88. The molecule has 0 saturated carbocycles. The van der Waals surface area contributed by atoms with Crippen LogP contribution in [0.4, 0.5) is 19.1 Å². The highest BCUT2D eigenvalue weighted by atomic mass is 19.4. The Hall–Kier alpha value is -1.64. The average molecular weight is 252 g/mol. The summed E-state index contributed by atoms with van der Waals surface area (Å²) in [4.78, 5) is 15.0. The first-order valence-corrected chi connectivity index (χ1v) is 4.70. The topological polar surface area (TPSA) is 79.9 Å². The van der Waals surface area contributed by atoms with E-state index in [1.165, 1.54) is 0 Å². The molecule has 1 aromatic heterocycles. The van der Waals surface area contributed by atoms with Gasteiger partial charge in [-0.2, -0.15) is 18.2 Å². The lowest BCUT2D eigenvalue weighted by Crippen LogP contribution is -2.20. The van der Waals surface area contributed by atoms with Crippen LogP contribution in [0, 0.1) is 6.92 Å². The van der Waals surface area contributed by atoms with Crippen molar-refractivity contribution in [1.82, 2.24) is 15.2 Å². The molecule has 2 N–H and O–H groups in total. The largest absolute Gasteiger partial charge is 0.411 e. The van der Waals surface area contributed by atoms with E-state index in [4.69, 9.17) is 0 Å². The highest BCUT2D eigenvalue weighted by Gasteiger charge is 2.27. The highest BCUT2D eigenvalue weighted by Crippen LogP contribution is 2.14. The van der Waals surface area contributed by atoms with Crippen molar-refractivity contribution in [3.05, 3.63) is 5.82 Å². The first kappa shape index (κ1) is 13.4. The summed E-state index contributed by atoms with van der Waals surface area (Å²) in [6, 6.07) is 0. The number of carbonyl (C=O) groups excluding carboxylic acids is 1. The van der Waals surface area contributed by atoms with Crippen molar-refractivity contribution < 1.29 is 22.7 Å². The summed E-state index contributed by atoms with van der Waals surface area (Å²) in [5.41, 5.74) is 0. The van der Waals surface area contributed by atoms with Gasteiger partial charge in [-0.15, -0.1) is 5.10 Å². The van der Waals surface area contributed by atoms with Gasteiger partial charge in [-0.3, -0.25) is 15.2 Å². The molecule has 1 rings (SSSR count). The predicted molar refractivity (Wildman–Crippen MR) is 51.2 cm³/mol. The summed E-state index contributed by atoms with van der Waals surface area (Å²) in [5.74, 6) is 0.100. The van der Waals surface area contributed by atoms with E-state index in [9.17, 15) is 18.0 Å². The van der Waals surface area contributed by atoms with Gasteiger partial charge in [0.25, 0.3) is 0 Å². The number of carbonyl (C=O) groups is 1. The van der Waals surface area contributed by atoms with Crippen LogP contribution in [0.1, 0.15) is 12.2 Å². The van der Waals surface area contributed by atoms with E-state index in [2.05, 4.69) is 25.2 Å². The maximum atomic E-state index is 11.7. The van der Waals surface area contributed by atoms with E-state index in [0.29, 0.717) is 5.82 Å². The number of amides is 1. The van der Waals surface area contributed by atoms with Crippen LogP contribution in [0.2, 0.25) is 0 Å². The quantitative estimate of drug-likeness (QED) is 0.767. The van der Waals surface area contributed by atoms with E-state index in [-0.39, 0.29) is 19.0 Å². The number of nitrogens with zero attached hydrogens (tertiary/aromatic N) is 2. The van der Waals surface area contributed by atoms with Gasteiger partial charge in [0, 0.05) is 0 Å². The molecule has 0 aliphatic heterocycles. The molecule has 0 aliphatic carbocycles. The molecule has 0 fully saturated rings. The lowest BCUT2D eigenvalue weighted by molar-refractivity contribution is -0.174. The third kappa shape index (κ3) is 5.85. The van der Waals surface area contributed by atoms with E-state index < -0.39 is 18.7 Å². The molecule has 0 aliphatic rings. The number of hydrogen-bond donors (Lipinski definition) is 2. The fraction of sp³-hybridized carbons (Fsp3) is 0.625. The Balaban J connectivity index is 2.18. The van der Waals surface area contributed by atoms with Crippen LogP contribution >= 0.6 is 0 Å². The van der Waals surface area contributed by atoms with Gasteiger partial charge in [0.15, 0.2) is 0 Å². The standard InChI is InChI=1S/C8H11F3N4O2/c1-5-12-7(15-14-5)13-6(16)2-3-17-4-8(9,10)11/h2-4H2,1H3,(H2,12,13,14,15,16). The monoisotopic (exact) mass is 252 g/mol. The van der Waals surface area contributed by atoms with Crippen LogP contribution in [-0.4, -0.2) is 40.5 Å². The van der Waals surface area contributed by atoms with Crippen LogP contribution in [0.3, 0.4) is 0 Å². The van der Waals surface area contributed by atoms with Gasteiger partial charge in [0.1, 0.15) is 12.4 Å². The number of alkyl halides is 3. The summed E-state index contributed by atoms with van der Waals surface area (Å²) in [6.45, 7) is -0.0239. The van der Waals surface area contributed by atoms with Crippen LogP contribution < -0.4 is 5.32 Å². The molecule has 0 saturated heterocycles. The second-order valence-electron chi connectivity index (χ2n) is 3.21. The molecule has 0 radical (unpaired) electrons. The lowest BCUT2D eigenvalue weighted by Gasteiger charge is -2.06. The third-order valence-electron chi connectivity index (χ3n) is 1.59. The number of hydrogen-bond acceptors (Lipinski definition) is 4. The number of rotatable bonds is 5. The number of anilines is 1. The van der Waals surface area contributed by atoms with Crippen LogP contribution in [0.5, 0.6) is 0 Å². The lowest BCUT2D eigenvalue weighted by atomic mass is 10.4. The minimum absolute atomic E-state index is 0.0864. The third-order valence-corrected chi connectivity index (χ3v) is 1.59. The minimum atomic E-state index is -4.38. The fourth-order valence-corrected chi connectivity index (χ4v) is 0.939. The second kappa shape index (κ2) is 5.62. The maximum absolute atomic E-state index is 11.7. The number of aryl methyl sites for hydroxylation is 1. The van der Waals surface area contributed by atoms with Crippen molar-refractivity contribution >= 4 is 11.9 Å². The number of nitrogens with one attached hydrogen (secondary N) is 2. The van der Waals surface area contributed by atoms with Crippen molar-refractivity contribution in [3.8, 4) is 0 Å². The Morgan fingerprint density at radius 2 is 2.24 bits per heavy atom. The summed E-state index contributed by atoms with van der Waals surface area (Å²) in [5, 5.41) is 8.45. The zero-order valence-corrected chi connectivity index (χ0v) is 8.97. The Labute approximate surface area is 94.6 Å². The average Bonchev–Trinajstić information content (AvgIpc) is 2.57. The van der Waals surface area contributed by atoms with Crippen molar-refractivity contribution in [1.29, 1.82) is 0 Å². The molecule has 0 atom stereocenters. The SMILES string of the molecule is Cc1nc(NC(=O)CCOCC(F)(F)F)n[nH]1. The molecule has 96 valence electrons. The molecular weight excluding hydrogens is 241 g/mol. The van der Waals surface area contributed by atoms with Crippen molar-refractivity contribution in [2.75, 3.05) is 18.5 Å². The molecule has 0 spiro atoms. The van der Waals surface area contributed by atoms with Gasteiger partial charge < -0.3 is 4.74 Å². The molecule has 1 aromatic rings. The van der Waals surface area contributed by atoms with E-state index >= 15 is 0 Å². The van der Waals surface area contributed by atoms with Crippen LogP contribution in [-0.2, 0) is 9.53 Å². The number of aromatic amines is 1. The van der Waals surface area contributed by atoms with Crippen LogP contribution in [0.15, 0.2) is 0 Å². The van der Waals surface area contributed by atoms with Crippen LogP contribution in [0.25, 0.3) is 0 Å². The second-order valence-corrected chi connectivity index (χ2v) is 3.21. The van der Waals surface area contributed by atoms with Gasteiger partial charge in [-0.25, -0.2) is 0 Å². The molecule has 6 nitrogen and oxygen atoms in total. The Morgan fingerprint density at radius 3 is 2.76 bits per heavy atom. The predicted octanol–water partition coefficient (Wildman–Crippen LogP) is 1.02. The van der Waals surface area contributed by atoms with Gasteiger partial charge >= 0.3 is 6.18 Å². The van der Waals surface area contributed by atoms with E-state index in [1.807, 2.05) is 0 Å². The summed E-state index contributed by atoms with van der Waals surface area (Å²) in [6.07, 6.45) is -4.57. The molecular formula is C8H11F3N4O2. The Bertz CT molecular complexity index is 377. The van der Waals surface area contributed by atoms with Gasteiger partial charge in [-0.05, 0) is 6.92 Å². The molecule has 1 amide bonds. The number of halogens is 3. The van der Waals surface area contributed by atoms with E-state index in [1.54, 1.807) is 6.92 Å². The molecule has 0 bridgehead atoms. The zero-order valence-electron chi connectivity index (χ0n) is 8.97. The van der Waals surface area contributed by atoms with Gasteiger partial charge in [-0.1, -0.05) is 0 Å². The molecule has 0 unspecified atom stereocenters. The molecule has 9 heteroatoms. The van der Waals surface area contributed by atoms with E-state index in [0.717, 1.165) is 0 Å². The first-order valence-electron chi connectivity index (χ1n) is 4.70. The minimum Gasteiger partial charge on any atom is -0.372 e. The first-order chi connectivity index (χ1) is 7.87. The number of H-pyrrole nitrogens is 1. The van der Waals surface area contributed by atoms with Crippen molar-refractivity contribution in [2.45, 2.75) is 19.5 Å². The molecule has 17 heavy (non-hydrogen) atoms. The normalized spacial score (nSPS) is 11.5. The van der Waals surface area contributed by atoms with Crippen molar-refractivity contribution in [3.63, 3.8) is 0 Å². The zero-order chi connectivity index (χ0) is 12.9.